The van der Waals surface area contributed by atoms with Crippen molar-refractivity contribution < 1.29 is 17.6 Å². The van der Waals surface area contributed by atoms with E-state index in [1.165, 1.54) is 4.90 Å². The molecular formula is C15H20F4N2. The summed E-state index contributed by atoms with van der Waals surface area (Å²) in [5.74, 6) is -3.97. The van der Waals surface area contributed by atoms with Gasteiger partial charge in [-0.1, -0.05) is 37.3 Å². The van der Waals surface area contributed by atoms with Crippen molar-refractivity contribution in [3.63, 3.8) is 0 Å². The van der Waals surface area contributed by atoms with Gasteiger partial charge in [-0.2, -0.15) is 8.78 Å². The number of nitrogens with zero attached hydrogens (tertiary/aromatic N) is 1. The zero-order chi connectivity index (χ0) is 15.5. The smallest absolute Gasteiger partial charge is 0.307 e. The fraction of sp³-hybridized carbons (Fsp3) is 0.600. The van der Waals surface area contributed by atoms with E-state index in [9.17, 15) is 17.6 Å². The fourth-order valence-corrected chi connectivity index (χ4v) is 2.70. The molecular weight excluding hydrogens is 284 g/mol. The Hall–Kier alpha value is -1.14. The Morgan fingerprint density at radius 1 is 1.29 bits per heavy atom. The monoisotopic (exact) mass is 304 g/mol. The molecule has 2 atom stereocenters. The van der Waals surface area contributed by atoms with Crippen LogP contribution in [0.3, 0.4) is 0 Å². The summed E-state index contributed by atoms with van der Waals surface area (Å²) in [6.07, 6.45) is -2.98. The molecule has 0 aliphatic carbocycles. The Balaban J connectivity index is 2.09. The molecule has 1 aliphatic rings. The lowest BCUT2D eigenvalue weighted by molar-refractivity contribution is -0.149. The highest BCUT2D eigenvalue weighted by atomic mass is 19.3. The van der Waals surface area contributed by atoms with Crippen LogP contribution in [0.25, 0.3) is 0 Å². The van der Waals surface area contributed by atoms with Crippen LogP contribution >= 0.6 is 0 Å². The predicted molar refractivity (Wildman–Crippen MR) is 73.8 cm³/mol. The molecule has 118 valence electrons. The first-order valence-electron chi connectivity index (χ1n) is 7.12. The van der Waals surface area contributed by atoms with E-state index in [2.05, 4.69) is 5.32 Å². The number of hydrogen-bond acceptors (Lipinski definition) is 2. The quantitative estimate of drug-likeness (QED) is 0.840. The minimum atomic E-state index is -3.97. The summed E-state index contributed by atoms with van der Waals surface area (Å²) < 4.78 is 51.6. The number of hydrogen-bond donors (Lipinski definition) is 1. The van der Waals surface area contributed by atoms with Crippen molar-refractivity contribution >= 4 is 0 Å². The zero-order valence-corrected chi connectivity index (χ0v) is 11.9. The van der Waals surface area contributed by atoms with Gasteiger partial charge in [-0.3, -0.25) is 4.90 Å². The standard InChI is InChI=1S/C15H20F4N2/c1-2-12-8-20-13(11-6-4-3-5-7-11)9-21(12)10-15(18,19)14(16)17/h3-7,12-14,20H,2,8-10H2,1H3. The molecule has 2 unspecified atom stereocenters. The molecule has 0 spiro atoms. The number of rotatable bonds is 5. The Labute approximate surface area is 122 Å². The summed E-state index contributed by atoms with van der Waals surface area (Å²) in [6.45, 7) is 1.82. The van der Waals surface area contributed by atoms with Crippen LogP contribution < -0.4 is 5.32 Å². The molecule has 21 heavy (non-hydrogen) atoms. The summed E-state index contributed by atoms with van der Waals surface area (Å²) in [5.41, 5.74) is 0.984. The van der Waals surface area contributed by atoms with E-state index in [0.29, 0.717) is 19.5 Å². The van der Waals surface area contributed by atoms with Gasteiger partial charge in [0.25, 0.3) is 0 Å². The molecule has 1 aromatic rings. The van der Waals surface area contributed by atoms with Gasteiger partial charge in [0.05, 0.1) is 6.54 Å². The van der Waals surface area contributed by atoms with Crippen LogP contribution in [0.1, 0.15) is 24.9 Å². The largest absolute Gasteiger partial charge is 0.319 e. The first-order valence-corrected chi connectivity index (χ1v) is 7.12. The van der Waals surface area contributed by atoms with Crippen molar-refractivity contribution in [1.82, 2.24) is 10.2 Å². The Morgan fingerprint density at radius 3 is 2.52 bits per heavy atom. The Morgan fingerprint density at radius 2 is 1.95 bits per heavy atom. The second kappa shape index (κ2) is 6.75. The van der Waals surface area contributed by atoms with E-state index in [-0.39, 0.29) is 12.1 Å². The van der Waals surface area contributed by atoms with Crippen molar-refractivity contribution in [2.75, 3.05) is 19.6 Å². The number of nitrogens with one attached hydrogen (secondary N) is 1. The summed E-state index contributed by atoms with van der Waals surface area (Å²) in [5, 5.41) is 3.31. The number of benzene rings is 1. The lowest BCUT2D eigenvalue weighted by atomic mass is 10.00. The summed E-state index contributed by atoms with van der Waals surface area (Å²) >= 11 is 0. The Bertz CT molecular complexity index is 439. The highest BCUT2D eigenvalue weighted by molar-refractivity contribution is 5.20. The van der Waals surface area contributed by atoms with Gasteiger partial charge in [-0.15, -0.1) is 0 Å². The summed E-state index contributed by atoms with van der Waals surface area (Å²) in [4.78, 5) is 1.49. The van der Waals surface area contributed by atoms with Gasteiger partial charge in [-0.25, -0.2) is 8.78 Å². The Kier molecular flexibility index (Phi) is 5.22. The minimum absolute atomic E-state index is 0.109. The van der Waals surface area contributed by atoms with E-state index in [0.717, 1.165) is 5.56 Å². The van der Waals surface area contributed by atoms with Gasteiger partial charge < -0.3 is 5.32 Å². The molecule has 1 saturated heterocycles. The maximum atomic E-state index is 13.4. The van der Waals surface area contributed by atoms with Crippen LogP contribution in [-0.2, 0) is 0 Å². The van der Waals surface area contributed by atoms with Crippen molar-refractivity contribution in [2.24, 2.45) is 0 Å². The van der Waals surface area contributed by atoms with Crippen molar-refractivity contribution in [3.05, 3.63) is 35.9 Å². The van der Waals surface area contributed by atoms with Crippen molar-refractivity contribution in [1.29, 1.82) is 0 Å². The zero-order valence-electron chi connectivity index (χ0n) is 11.9. The van der Waals surface area contributed by atoms with Crippen LogP contribution in [0.5, 0.6) is 0 Å². The fourth-order valence-electron chi connectivity index (χ4n) is 2.70. The molecule has 0 radical (unpaired) electrons. The molecule has 2 rings (SSSR count). The number of piperazine rings is 1. The average Bonchev–Trinajstić information content (AvgIpc) is 2.47. The van der Waals surface area contributed by atoms with E-state index in [1.807, 2.05) is 37.3 Å². The maximum absolute atomic E-state index is 13.4. The minimum Gasteiger partial charge on any atom is -0.307 e. The third-order valence-electron chi connectivity index (χ3n) is 3.94. The summed E-state index contributed by atoms with van der Waals surface area (Å²) in [7, 11) is 0. The molecule has 1 N–H and O–H groups in total. The summed E-state index contributed by atoms with van der Waals surface area (Å²) in [6, 6.07) is 9.20. The number of halogens is 4. The molecule has 2 nitrogen and oxygen atoms in total. The van der Waals surface area contributed by atoms with Crippen LogP contribution in [0, 0.1) is 0 Å². The first-order chi connectivity index (χ1) is 9.94. The van der Waals surface area contributed by atoms with Gasteiger partial charge in [0.1, 0.15) is 0 Å². The molecule has 0 amide bonds. The number of alkyl halides is 4. The molecule has 1 aromatic carbocycles. The van der Waals surface area contributed by atoms with Crippen LogP contribution in [0.15, 0.2) is 30.3 Å². The van der Waals surface area contributed by atoms with Gasteiger partial charge in [-0.05, 0) is 12.0 Å². The predicted octanol–water partition coefficient (Wildman–Crippen LogP) is 3.31. The maximum Gasteiger partial charge on any atom is 0.319 e. The van der Waals surface area contributed by atoms with Crippen LogP contribution in [0.4, 0.5) is 17.6 Å². The molecule has 6 heteroatoms. The van der Waals surface area contributed by atoms with E-state index < -0.39 is 18.9 Å². The lowest BCUT2D eigenvalue weighted by Crippen LogP contribution is -2.56. The van der Waals surface area contributed by atoms with Gasteiger partial charge in [0.15, 0.2) is 0 Å². The highest BCUT2D eigenvalue weighted by Crippen LogP contribution is 2.28. The van der Waals surface area contributed by atoms with E-state index in [4.69, 9.17) is 0 Å². The van der Waals surface area contributed by atoms with Gasteiger partial charge >= 0.3 is 12.3 Å². The molecule has 0 bridgehead atoms. The van der Waals surface area contributed by atoms with Crippen molar-refractivity contribution in [2.45, 2.75) is 37.8 Å². The second-order valence-corrected chi connectivity index (χ2v) is 5.42. The normalized spacial score (nSPS) is 24.5. The lowest BCUT2D eigenvalue weighted by Gasteiger charge is -2.41. The molecule has 1 fully saturated rings. The van der Waals surface area contributed by atoms with E-state index in [1.54, 1.807) is 0 Å². The molecule has 0 aromatic heterocycles. The van der Waals surface area contributed by atoms with Gasteiger partial charge in [0.2, 0.25) is 0 Å². The van der Waals surface area contributed by atoms with Crippen LogP contribution in [-0.4, -0.2) is 42.9 Å². The van der Waals surface area contributed by atoms with Crippen LogP contribution in [0.2, 0.25) is 0 Å². The molecule has 1 heterocycles. The molecule has 1 aliphatic heterocycles. The second-order valence-electron chi connectivity index (χ2n) is 5.42. The topological polar surface area (TPSA) is 15.3 Å². The van der Waals surface area contributed by atoms with Gasteiger partial charge in [0, 0.05) is 25.2 Å². The average molecular weight is 304 g/mol. The first kappa shape index (κ1) is 16.2. The third-order valence-corrected chi connectivity index (χ3v) is 3.94. The highest BCUT2D eigenvalue weighted by Gasteiger charge is 2.44. The SMILES string of the molecule is CCC1CNC(c2ccccc2)CN1CC(F)(F)C(F)F. The van der Waals surface area contributed by atoms with Crippen molar-refractivity contribution in [3.8, 4) is 0 Å². The third kappa shape index (κ3) is 3.95. The molecule has 0 saturated carbocycles. The van der Waals surface area contributed by atoms with E-state index >= 15 is 0 Å².